The molecule has 1 atom stereocenters. The highest BCUT2D eigenvalue weighted by Gasteiger charge is 2.45. The van der Waals surface area contributed by atoms with Gasteiger partial charge in [0.15, 0.2) is 0 Å². The number of carbonyl (C=O) groups is 1. The maximum atomic E-state index is 11.5. The summed E-state index contributed by atoms with van der Waals surface area (Å²) in [5, 5.41) is 11.2. The maximum absolute atomic E-state index is 11.5. The molecule has 1 aromatic heterocycles. The molecule has 0 saturated heterocycles. The van der Waals surface area contributed by atoms with Crippen LogP contribution in [0.1, 0.15) is 17.7 Å². The Kier molecular flexibility index (Phi) is 3.30. The summed E-state index contributed by atoms with van der Waals surface area (Å²) in [6.07, 6.45) is 6.17. The van der Waals surface area contributed by atoms with Crippen LogP contribution < -0.4 is 0 Å². The molecule has 0 bridgehead atoms. The quantitative estimate of drug-likeness (QED) is 0.872. The molecule has 118 valence electrons. The Morgan fingerprint density at radius 3 is 2.83 bits per heavy atom. The summed E-state index contributed by atoms with van der Waals surface area (Å²) in [5.41, 5.74) is 2.45. The fraction of sp³-hybridized carbons (Fsp3) is 0.235. The molecule has 23 heavy (non-hydrogen) atoms. The zero-order chi connectivity index (χ0) is 16.2. The van der Waals surface area contributed by atoms with Crippen LogP contribution in [0.5, 0.6) is 0 Å². The van der Waals surface area contributed by atoms with E-state index in [0.29, 0.717) is 23.1 Å². The molecule has 0 spiro atoms. The van der Waals surface area contributed by atoms with Gasteiger partial charge in [-0.15, -0.1) is 0 Å². The summed E-state index contributed by atoms with van der Waals surface area (Å²) >= 11 is 12.5. The van der Waals surface area contributed by atoms with E-state index in [0.717, 1.165) is 27.7 Å². The lowest BCUT2D eigenvalue weighted by molar-refractivity contribution is -0.145. The molecule has 1 aromatic carbocycles. The largest absolute Gasteiger partial charge is 0.481 e. The predicted octanol–water partition coefficient (Wildman–Crippen LogP) is 4.21. The first-order valence-electron chi connectivity index (χ1n) is 7.26. The van der Waals surface area contributed by atoms with Crippen molar-refractivity contribution >= 4 is 40.1 Å². The highest BCUT2D eigenvalue weighted by atomic mass is 35.5. The van der Waals surface area contributed by atoms with Crippen LogP contribution in [0.4, 0.5) is 0 Å². The predicted molar refractivity (Wildman–Crippen MR) is 89.1 cm³/mol. The van der Waals surface area contributed by atoms with E-state index >= 15 is 0 Å². The normalized spacial score (nSPS) is 22.6. The van der Waals surface area contributed by atoms with Gasteiger partial charge in [-0.25, -0.2) is 0 Å². The van der Waals surface area contributed by atoms with Crippen molar-refractivity contribution in [3.63, 3.8) is 0 Å². The highest BCUT2D eigenvalue weighted by Crippen LogP contribution is 2.47. The molecule has 2 heterocycles. The summed E-state index contributed by atoms with van der Waals surface area (Å²) in [6, 6.07) is 3.59. The van der Waals surface area contributed by atoms with Gasteiger partial charge < -0.3 is 14.8 Å². The van der Waals surface area contributed by atoms with Crippen molar-refractivity contribution < 1.29 is 14.6 Å². The van der Waals surface area contributed by atoms with Crippen LogP contribution in [-0.2, 0) is 21.6 Å². The van der Waals surface area contributed by atoms with Crippen LogP contribution in [-0.4, -0.2) is 22.7 Å². The van der Waals surface area contributed by atoms with Crippen LogP contribution in [0.3, 0.4) is 0 Å². The number of halogens is 2. The van der Waals surface area contributed by atoms with Gasteiger partial charge in [-0.1, -0.05) is 41.4 Å². The Morgan fingerprint density at radius 2 is 2.17 bits per heavy atom. The second kappa shape index (κ2) is 5.13. The van der Waals surface area contributed by atoms with E-state index in [4.69, 9.17) is 27.9 Å². The standard InChI is InChI=1S/C17H13Cl2NO3/c18-11-4-5-12-14(15(11)19)10-6-7-23-17(8-13(21)22,16(10)20-12)9-2-1-3-9/h1-5,20H,6-8H2,(H,21,22). The molecule has 4 nitrogen and oxygen atoms in total. The number of aromatic amines is 1. The van der Waals surface area contributed by atoms with Crippen molar-refractivity contribution in [2.45, 2.75) is 18.4 Å². The average molecular weight is 350 g/mol. The molecule has 1 aliphatic carbocycles. The number of allylic oxidation sites excluding steroid dienone is 2. The van der Waals surface area contributed by atoms with Crippen molar-refractivity contribution in [3.8, 4) is 0 Å². The first-order chi connectivity index (χ1) is 11.0. The molecule has 2 aromatic rings. The fourth-order valence-electron chi connectivity index (χ4n) is 3.42. The number of aliphatic carboxylic acids is 1. The third kappa shape index (κ3) is 2.06. The first-order valence-corrected chi connectivity index (χ1v) is 8.02. The second-order valence-electron chi connectivity index (χ2n) is 5.74. The number of H-pyrrole nitrogens is 1. The van der Waals surface area contributed by atoms with E-state index in [2.05, 4.69) is 4.98 Å². The number of carboxylic acids is 1. The van der Waals surface area contributed by atoms with Crippen molar-refractivity contribution in [1.82, 2.24) is 4.98 Å². The molecule has 0 radical (unpaired) electrons. The van der Waals surface area contributed by atoms with E-state index in [1.165, 1.54) is 0 Å². The van der Waals surface area contributed by atoms with Crippen molar-refractivity contribution in [3.05, 3.63) is 57.2 Å². The van der Waals surface area contributed by atoms with Gasteiger partial charge in [-0.2, -0.15) is 0 Å². The molecule has 4 rings (SSSR count). The van der Waals surface area contributed by atoms with Gasteiger partial charge in [-0.05, 0) is 29.7 Å². The van der Waals surface area contributed by atoms with Crippen LogP contribution >= 0.6 is 23.2 Å². The Morgan fingerprint density at radius 1 is 1.39 bits per heavy atom. The van der Waals surface area contributed by atoms with Gasteiger partial charge >= 0.3 is 5.97 Å². The minimum atomic E-state index is -0.997. The molecular formula is C17H13Cl2NO3. The number of nitrogens with one attached hydrogen (secondary N) is 1. The van der Waals surface area contributed by atoms with Crippen molar-refractivity contribution in [2.75, 3.05) is 6.61 Å². The number of carboxylic acid groups (broad SMARTS) is 1. The van der Waals surface area contributed by atoms with Gasteiger partial charge in [0.05, 0.1) is 28.8 Å². The Bertz CT molecular complexity index is 897. The topological polar surface area (TPSA) is 62.3 Å². The van der Waals surface area contributed by atoms with Crippen LogP contribution in [0.2, 0.25) is 10.0 Å². The number of benzene rings is 1. The molecule has 1 unspecified atom stereocenters. The van der Waals surface area contributed by atoms with Crippen molar-refractivity contribution in [1.29, 1.82) is 0 Å². The van der Waals surface area contributed by atoms with Crippen LogP contribution in [0.15, 0.2) is 35.9 Å². The molecule has 0 fully saturated rings. The van der Waals surface area contributed by atoms with Gasteiger partial charge in [0.2, 0.25) is 0 Å². The van der Waals surface area contributed by atoms with Crippen LogP contribution in [0, 0.1) is 0 Å². The lowest BCUT2D eigenvalue weighted by Crippen LogP contribution is -2.40. The van der Waals surface area contributed by atoms with Crippen molar-refractivity contribution in [2.24, 2.45) is 0 Å². The molecule has 0 amide bonds. The molecule has 1 aliphatic heterocycles. The van der Waals surface area contributed by atoms with Gasteiger partial charge in [-0.3, -0.25) is 4.79 Å². The number of aromatic nitrogens is 1. The monoisotopic (exact) mass is 349 g/mol. The SMILES string of the molecule is O=C(O)CC1(C2=CC=C2)OCCc2c1[nH]c1ccc(Cl)c(Cl)c21. The third-order valence-electron chi connectivity index (χ3n) is 4.48. The first kappa shape index (κ1) is 14.8. The number of hydrogen-bond donors (Lipinski definition) is 2. The smallest absolute Gasteiger partial charge is 0.307 e. The van der Waals surface area contributed by atoms with E-state index in [-0.39, 0.29) is 6.42 Å². The number of ether oxygens (including phenoxy) is 1. The van der Waals surface area contributed by atoms with Gasteiger partial charge in [0, 0.05) is 10.9 Å². The Balaban J connectivity index is 2.00. The number of fused-ring (bicyclic) bond motifs is 3. The molecule has 6 heteroatoms. The van der Waals surface area contributed by atoms with Gasteiger partial charge in [0.25, 0.3) is 0 Å². The minimum absolute atomic E-state index is 0.144. The summed E-state index contributed by atoms with van der Waals surface area (Å²) in [5.74, 6) is -0.915. The third-order valence-corrected chi connectivity index (χ3v) is 5.28. The maximum Gasteiger partial charge on any atom is 0.307 e. The van der Waals surface area contributed by atoms with E-state index in [1.54, 1.807) is 6.07 Å². The second-order valence-corrected chi connectivity index (χ2v) is 6.52. The number of rotatable bonds is 3. The summed E-state index contributed by atoms with van der Waals surface area (Å²) in [6.45, 7) is 0.432. The summed E-state index contributed by atoms with van der Waals surface area (Å²) in [7, 11) is 0. The van der Waals surface area contributed by atoms with E-state index in [1.807, 2.05) is 24.3 Å². The molecule has 0 saturated carbocycles. The lowest BCUT2D eigenvalue weighted by Gasteiger charge is -2.39. The summed E-state index contributed by atoms with van der Waals surface area (Å²) < 4.78 is 6.00. The van der Waals surface area contributed by atoms with E-state index in [9.17, 15) is 9.90 Å². The lowest BCUT2D eigenvalue weighted by atomic mass is 9.79. The summed E-state index contributed by atoms with van der Waals surface area (Å²) in [4.78, 5) is 14.8. The fourth-order valence-corrected chi connectivity index (χ4v) is 3.86. The Hall–Kier alpha value is -1.75. The number of hydrogen-bond acceptors (Lipinski definition) is 2. The zero-order valence-electron chi connectivity index (χ0n) is 12.0. The van der Waals surface area contributed by atoms with Gasteiger partial charge in [0.1, 0.15) is 5.60 Å². The van der Waals surface area contributed by atoms with Crippen LogP contribution in [0.25, 0.3) is 10.9 Å². The molecule has 2 N–H and O–H groups in total. The minimum Gasteiger partial charge on any atom is -0.481 e. The zero-order valence-corrected chi connectivity index (χ0v) is 13.5. The van der Waals surface area contributed by atoms with E-state index < -0.39 is 11.6 Å². The molecule has 2 aliphatic rings. The average Bonchev–Trinajstić information content (AvgIpc) is 2.81. The Labute approximate surface area is 142 Å². The highest BCUT2D eigenvalue weighted by molar-refractivity contribution is 6.45. The molecular weight excluding hydrogens is 337 g/mol.